The van der Waals surface area contributed by atoms with E-state index in [1.807, 2.05) is 20.8 Å². The number of nitrogens with zero attached hydrogens (tertiary/aromatic N) is 2. The zero-order valence-electron chi connectivity index (χ0n) is 11.3. The van der Waals surface area contributed by atoms with Crippen molar-refractivity contribution in [2.45, 2.75) is 26.8 Å². The van der Waals surface area contributed by atoms with Crippen molar-refractivity contribution in [1.82, 2.24) is 15.2 Å². The number of halogens is 1. The Kier molecular flexibility index (Phi) is 5.95. The topological polar surface area (TPSA) is 62.3 Å². The number of amides is 2. The highest BCUT2D eigenvalue weighted by molar-refractivity contribution is 9.10. The van der Waals surface area contributed by atoms with Crippen LogP contribution in [0.5, 0.6) is 0 Å². The molecule has 0 spiro atoms. The van der Waals surface area contributed by atoms with Gasteiger partial charge in [-0.3, -0.25) is 14.6 Å². The molecule has 0 aliphatic rings. The van der Waals surface area contributed by atoms with E-state index in [0.717, 1.165) is 4.47 Å². The van der Waals surface area contributed by atoms with Crippen molar-refractivity contribution < 1.29 is 9.59 Å². The summed E-state index contributed by atoms with van der Waals surface area (Å²) in [5.41, 5.74) is 0.466. The minimum absolute atomic E-state index is 0.0556. The zero-order valence-corrected chi connectivity index (χ0v) is 12.9. The minimum Gasteiger partial charge on any atom is -0.352 e. The van der Waals surface area contributed by atoms with Crippen molar-refractivity contribution in [2.75, 3.05) is 13.1 Å². The second-order valence-electron chi connectivity index (χ2n) is 4.43. The van der Waals surface area contributed by atoms with Gasteiger partial charge in [0, 0.05) is 29.5 Å². The summed E-state index contributed by atoms with van der Waals surface area (Å²) >= 11 is 3.27. The number of carbonyl (C=O) groups excluding carboxylic acids is 2. The Balaban J connectivity index is 2.74. The summed E-state index contributed by atoms with van der Waals surface area (Å²) in [7, 11) is 0. The predicted molar refractivity (Wildman–Crippen MR) is 76.8 cm³/mol. The molecule has 0 aromatic carbocycles. The molecule has 19 heavy (non-hydrogen) atoms. The third kappa shape index (κ3) is 4.98. The maximum absolute atomic E-state index is 12.2. The molecule has 0 aliphatic heterocycles. The fourth-order valence-corrected chi connectivity index (χ4v) is 1.94. The van der Waals surface area contributed by atoms with Crippen molar-refractivity contribution in [2.24, 2.45) is 0 Å². The van der Waals surface area contributed by atoms with E-state index >= 15 is 0 Å². The third-order valence-corrected chi connectivity index (χ3v) is 2.84. The maximum atomic E-state index is 12.2. The molecular weight excluding hydrogens is 310 g/mol. The molecule has 0 saturated carbocycles. The fourth-order valence-electron chi connectivity index (χ4n) is 1.58. The Bertz CT molecular complexity index is 463. The second kappa shape index (κ2) is 7.23. The number of nitrogens with one attached hydrogen (secondary N) is 1. The van der Waals surface area contributed by atoms with Gasteiger partial charge in [-0.2, -0.15) is 0 Å². The van der Waals surface area contributed by atoms with E-state index in [2.05, 4.69) is 26.2 Å². The average Bonchev–Trinajstić information content (AvgIpc) is 2.34. The molecule has 0 bridgehead atoms. The quantitative estimate of drug-likeness (QED) is 0.897. The van der Waals surface area contributed by atoms with E-state index in [-0.39, 0.29) is 24.4 Å². The molecule has 1 aromatic heterocycles. The number of hydrogen-bond acceptors (Lipinski definition) is 3. The van der Waals surface area contributed by atoms with Crippen LogP contribution in [0.4, 0.5) is 0 Å². The molecule has 0 radical (unpaired) electrons. The summed E-state index contributed by atoms with van der Waals surface area (Å²) in [6.45, 7) is 6.13. The van der Waals surface area contributed by atoms with Crippen LogP contribution in [0.2, 0.25) is 0 Å². The average molecular weight is 328 g/mol. The molecule has 1 aromatic rings. The van der Waals surface area contributed by atoms with Crippen molar-refractivity contribution in [3.63, 3.8) is 0 Å². The minimum atomic E-state index is -0.199. The van der Waals surface area contributed by atoms with E-state index in [1.165, 1.54) is 11.1 Å². The molecule has 0 aliphatic carbocycles. The highest BCUT2D eigenvalue weighted by Crippen LogP contribution is 2.11. The largest absolute Gasteiger partial charge is 0.352 e. The van der Waals surface area contributed by atoms with E-state index < -0.39 is 0 Å². The van der Waals surface area contributed by atoms with Crippen LogP contribution < -0.4 is 5.32 Å². The Morgan fingerprint density at radius 1 is 1.42 bits per heavy atom. The predicted octanol–water partition coefficient (Wildman–Crippen LogP) is 1.83. The lowest BCUT2D eigenvalue weighted by molar-refractivity contribution is -0.122. The Morgan fingerprint density at radius 2 is 2.11 bits per heavy atom. The van der Waals surface area contributed by atoms with Crippen molar-refractivity contribution >= 4 is 27.7 Å². The summed E-state index contributed by atoms with van der Waals surface area (Å²) < 4.78 is 0.737. The number of rotatable bonds is 5. The van der Waals surface area contributed by atoms with Gasteiger partial charge < -0.3 is 10.2 Å². The van der Waals surface area contributed by atoms with Crippen molar-refractivity contribution in [3.05, 3.63) is 28.5 Å². The van der Waals surface area contributed by atoms with Crippen LogP contribution in [0.25, 0.3) is 0 Å². The van der Waals surface area contributed by atoms with E-state index in [1.54, 1.807) is 12.3 Å². The van der Waals surface area contributed by atoms with E-state index in [4.69, 9.17) is 0 Å². The van der Waals surface area contributed by atoms with E-state index in [0.29, 0.717) is 12.1 Å². The van der Waals surface area contributed by atoms with Crippen LogP contribution in [0, 0.1) is 0 Å². The normalized spacial score (nSPS) is 10.4. The smallest absolute Gasteiger partial charge is 0.255 e. The molecule has 0 saturated heterocycles. The van der Waals surface area contributed by atoms with Gasteiger partial charge in [0.25, 0.3) is 5.91 Å². The molecule has 1 N–H and O–H groups in total. The number of pyridine rings is 1. The Labute approximate surface area is 121 Å². The first-order chi connectivity index (χ1) is 8.93. The monoisotopic (exact) mass is 327 g/mol. The van der Waals surface area contributed by atoms with Gasteiger partial charge in [0.2, 0.25) is 5.91 Å². The SMILES string of the molecule is CCN(CC(=O)NC(C)C)C(=O)c1cncc(Br)c1. The van der Waals surface area contributed by atoms with Crippen LogP contribution in [0.1, 0.15) is 31.1 Å². The molecule has 5 nitrogen and oxygen atoms in total. The van der Waals surface area contributed by atoms with Gasteiger partial charge >= 0.3 is 0 Å². The lowest BCUT2D eigenvalue weighted by atomic mass is 10.2. The van der Waals surface area contributed by atoms with Crippen LogP contribution >= 0.6 is 15.9 Å². The summed E-state index contributed by atoms with van der Waals surface area (Å²) in [6.07, 6.45) is 3.11. The molecule has 1 heterocycles. The van der Waals surface area contributed by atoms with Gasteiger partial charge in [0.05, 0.1) is 12.1 Å². The van der Waals surface area contributed by atoms with E-state index in [9.17, 15) is 9.59 Å². The maximum Gasteiger partial charge on any atom is 0.255 e. The molecule has 104 valence electrons. The van der Waals surface area contributed by atoms with Gasteiger partial charge in [-0.25, -0.2) is 0 Å². The summed E-state index contributed by atoms with van der Waals surface area (Å²) in [5, 5.41) is 2.77. The number of carbonyl (C=O) groups is 2. The first kappa shape index (κ1) is 15.6. The third-order valence-electron chi connectivity index (χ3n) is 2.40. The molecule has 0 unspecified atom stereocenters. The summed E-state index contributed by atoms with van der Waals surface area (Å²) in [4.78, 5) is 29.4. The molecule has 6 heteroatoms. The molecule has 1 rings (SSSR count). The van der Waals surface area contributed by atoms with Crippen LogP contribution in [0.15, 0.2) is 22.9 Å². The van der Waals surface area contributed by atoms with Crippen LogP contribution in [-0.2, 0) is 4.79 Å². The van der Waals surface area contributed by atoms with Crippen LogP contribution in [0.3, 0.4) is 0 Å². The van der Waals surface area contributed by atoms with Gasteiger partial charge in [-0.1, -0.05) is 0 Å². The number of hydrogen-bond donors (Lipinski definition) is 1. The van der Waals surface area contributed by atoms with Gasteiger partial charge in [-0.05, 0) is 42.8 Å². The fraction of sp³-hybridized carbons (Fsp3) is 0.462. The second-order valence-corrected chi connectivity index (χ2v) is 5.35. The van der Waals surface area contributed by atoms with Gasteiger partial charge in [0.1, 0.15) is 0 Å². The standard InChI is InChI=1S/C13H18BrN3O2/c1-4-17(8-12(18)16-9(2)3)13(19)10-5-11(14)7-15-6-10/h5-7,9H,4,8H2,1-3H3,(H,16,18). The Hall–Kier alpha value is -1.43. The summed E-state index contributed by atoms with van der Waals surface area (Å²) in [5.74, 6) is -0.358. The molecule has 0 atom stereocenters. The lowest BCUT2D eigenvalue weighted by Crippen LogP contribution is -2.42. The van der Waals surface area contributed by atoms with Crippen molar-refractivity contribution in [1.29, 1.82) is 0 Å². The van der Waals surface area contributed by atoms with Gasteiger partial charge in [0.15, 0.2) is 0 Å². The van der Waals surface area contributed by atoms with Gasteiger partial charge in [-0.15, -0.1) is 0 Å². The number of aromatic nitrogens is 1. The number of likely N-dealkylation sites (N-methyl/N-ethyl adjacent to an activating group) is 1. The zero-order chi connectivity index (χ0) is 14.4. The highest BCUT2D eigenvalue weighted by Gasteiger charge is 2.18. The first-order valence-electron chi connectivity index (χ1n) is 6.13. The van der Waals surface area contributed by atoms with Crippen LogP contribution in [-0.4, -0.2) is 40.8 Å². The Morgan fingerprint density at radius 3 is 2.63 bits per heavy atom. The molecular formula is C13H18BrN3O2. The molecule has 2 amide bonds. The first-order valence-corrected chi connectivity index (χ1v) is 6.92. The highest BCUT2D eigenvalue weighted by atomic mass is 79.9. The summed E-state index contributed by atoms with van der Waals surface area (Å²) in [6, 6.07) is 1.76. The molecule has 0 fully saturated rings. The van der Waals surface area contributed by atoms with Crippen molar-refractivity contribution in [3.8, 4) is 0 Å². The lowest BCUT2D eigenvalue weighted by Gasteiger charge is -2.21.